The minimum Gasteiger partial charge on any atom is -0.394 e. The Labute approximate surface area is 574 Å². The third-order valence-corrected chi connectivity index (χ3v) is 19.1. The molecule has 9 unspecified atom stereocenters. The molecule has 0 aromatic heterocycles. The monoisotopic (exact) mass is 1470 g/mol. The number of thiol groups is 1. The maximum Gasteiger partial charge on any atom is 0.472 e. The van der Waals surface area contributed by atoms with Crippen molar-refractivity contribution < 1.29 is 131 Å². The van der Waals surface area contributed by atoms with Crippen LogP contribution in [0.1, 0.15) is 149 Å². The van der Waals surface area contributed by atoms with Crippen LogP contribution in [0.25, 0.3) is 0 Å². The Balaban J connectivity index is 1.14. The molecule has 8 amide bonds. The van der Waals surface area contributed by atoms with Crippen molar-refractivity contribution in [2.75, 3.05) is 78.1 Å². The van der Waals surface area contributed by atoms with Crippen molar-refractivity contribution in [1.82, 2.24) is 41.7 Å². The molecular weight excluding hydrogens is 1370 g/mol. The highest BCUT2D eigenvalue weighted by Gasteiger charge is 2.47. The third kappa shape index (κ3) is 31.6. The zero-order valence-corrected chi connectivity index (χ0v) is 58.6. The maximum atomic E-state index is 13.5. The predicted molar refractivity (Wildman–Crippen MR) is 348 cm³/mol. The molecule has 0 radical (unpaired) electrons. The summed E-state index contributed by atoms with van der Waals surface area (Å²) in [6.07, 6.45) is -5.57. The number of carbonyl (C=O) groups is 8. The van der Waals surface area contributed by atoms with Crippen LogP contribution < -0.4 is 31.9 Å². The predicted octanol–water partition coefficient (Wildman–Crippen LogP) is -2.13. The Bertz CT molecular complexity index is 2550. The van der Waals surface area contributed by atoms with Gasteiger partial charge in [-0.05, 0) is 107 Å². The topological polar surface area (TPSA) is 508 Å². The normalized spacial score (nSPS) is 27.3. The molecule has 0 saturated carbocycles. The first-order chi connectivity index (χ1) is 46.1. The van der Waals surface area contributed by atoms with Crippen LogP contribution in [0.3, 0.4) is 0 Å². The third-order valence-electron chi connectivity index (χ3n) is 16.5. The fourth-order valence-electron chi connectivity index (χ4n) is 11.4. The maximum absolute atomic E-state index is 13.5. The Hall–Kier alpha value is -3.73. The van der Waals surface area contributed by atoms with E-state index in [0.717, 1.165) is 0 Å². The van der Waals surface area contributed by atoms with Crippen LogP contribution in [-0.2, 0) is 91.9 Å². The van der Waals surface area contributed by atoms with E-state index >= 15 is 0 Å². The summed E-state index contributed by atoms with van der Waals surface area (Å²) in [6.45, 7) is -2.72. The molecule has 4 heterocycles. The van der Waals surface area contributed by atoms with Crippen LogP contribution in [0, 0.1) is 0 Å². The SMILES string of the molecule is CC(=O)N[C@@H]1C(OCCCCC(=O)NCCCC[C@H](NC(=O)CCCCOC2OC(CO)[C@H](O)[C@H](O)[C@@H]2NC(C)=O)C(=O)NCCCCCC(=O)NCCCCCC(=O)N2CC(O)C[C@H]2COP(=O)(O)OC2CC(COP(O)(=S)OO)N(C(=O)CCCS)C2)OC(CO)[C@H](O)[C@@H]1O. The highest BCUT2D eigenvalue weighted by atomic mass is 32.5. The quantitative estimate of drug-likeness (QED) is 0.0102. The van der Waals surface area contributed by atoms with Gasteiger partial charge in [-0.3, -0.25) is 47.4 Å². The zero-order chi connectivity index (χ0) is 71.7. The number of unbranched alkanes of at least 4 members (excludes halogenated alkanes) is 7. The number of aliphatic hydroxyl groups excluding tert-OH is 7. The molecule has 4 saturated heterocycles. The second-order valence-corrected chi connectivity index (χ2v) is 29.0. The van der Waals surface area contributed by atoms with Crippen LogP contribution in [0.2, 0.25) is 0 Å². The largest absolute Gasteiger partial charge is 0.472 e. The molecule has 4 fully saturated rings. The summed E-state index contributed by atoms with van der Waals surface area (Å²) >= 11 is 8.79. The number of β-amino-alcohol motifs (C(OH)–C–C–N with tert-alkyl or cyclic N) is 1. The number of carbonyl (C=O) groups excluding carboxylic acids is 8. The van der Waals surface area contributed by atoms with Gasteiger partial charge in [-0.1, -0.05) is 12.8 Å². The van der Waals surface area contributed by atoms with Gasteiger partial charge in [-0.15, -0.1) is 0 Å². The van der Waals surface area contributed by atoms with Crippen LogP contribution >= 0.6 is 27.2 Å². The van der Waals surface area contributed by atoms with Gasteiger partial charge in [0, 0.05) is 91.9 Å². The number of aliphatic hydroxyl groups is 7. The number of ether oxygens (including phenoxy) is 4. The van der Waals surface area contributed by atoms with E-state index in [2.05, 4.69) is 61.0 Å². The minimum atomic E-state index is -4.78. The van der Waals surface area contributed by atoms with E-state index < -0.39 is 150 Å². The number of nitrogens with one attached hydrogen (secondary N) is 6. The van der Waals surface area contributed by atoms with Gasteiger partial charge in [0.25, 0.3) is 0 Å². The molecule has 17 atom stereocenters. The van der Waals surface area contributed by atoms with E-state index in [4.69, 9.17) is 37.8 Å². The average Bonchev–Trinajstić information content (AvgIpc) is 1.60. The summed E-state index contributed by atoms with van der Waals surface area (Å²) in [5.41, 5.74) is 0. The van der Waals surface area contributed by atoms with Gasteiger partial charge in [-0.2, -0.15) is 17.3 Å². The van der Waals surface area contributed by atoms with E-state index in [0.29, 0.717) is 95.8 Å². The Morgan fingerprint density at radius 3 is 1.57 bits per heavy atom. The summed E-state index contributed by atoms with van der Waals surface area (Å²) in [5, 5.41) is 96.3. The molecule has 16 N–H and O–H groups in total. The molecule has 4 rings (SSSR count). The fourth-order valence-corrected chi connectivity index (χ4v) is 13.1. The van der Waals surface area contributed by atoms with Gasteiger partial charge in [0.05, 0.1) is 50.7 Å². The molecule has 97 heavy (non-hydrogen) atoms. The molecule has 0 aliphatic carbocycles. The van der Waals surface area contributed by atoms with Crippen molar-refractivity contribution in [2.24, 2.45) is 0 Å². The van der Waals surface area contributed by atoms with Gasteiger partial charge in [0.15, 0.2) is 12.6 Å². The molecule has 0 aromatic carbocycles. The van der Waals surface area contributed by atoms with E-state index in [1.54, 1.807) is 0 Å². The van der Waals surface area contributed by atoms with E-state index in [-0.39, 0.29) is 121 Å². The zero-order valence-electron chi connectivity index (χ0n) is 55.1. The number of likely N-dealkylation sites (tertiary alicyclic amines) is 2. The van der Waals surface area contributed by atoms with Crippen LogP contribution in [0.15, 0.2) is 0 Å². The number of phosphoric acid groups is 1. The number of rotatable bonds is 47. The van der Waals surface area contributed by atoms with Crippen molar-refractivity contribution in [2.45, 2.75) is 240 Å². The van der Waals surface area contributed by atoms with E-state index in [1.807, 2.05) is 0 Å². The number of hydrogen-bond donors (Lipinski definition) is 17. The first kappa shape index (κ1) is 85.7. The summed E-state index contributed by atoms with van der Waals surface area (Å²) in [5.74, 6) is -2.48. The first-order valence-corrected chi connectivity index (χ1v) is 37.8. The number of nitrogens with zero attached hydrogens (tertiary/aromatic N) is 2. The molecular formula is C58H104N8O27P2S2. The van der Waals surface area contributed by atoms with Gasteiger partial charge in [0.1, 0.15) is 54.7 Å². The molecule has 39 heteroatoms. The molecule has 0 aromatic rings. The second kappa shape index (κ2) is 45.3. The smallest absolute Gasteiger partial charge is 0.394 e. The molecule has 35 nitrogen and oxygen atoms in total. The second-order valence-electron chi connectivity index (χ2n) is 24.4. The number of amides is 8. The number of phosphoric ester groups is 1. The Morgan fingerprint density at radius 2 is 1.05 bits per heavy atom. The van der Waals surface area contributed by atoms with Crippen LogP contribution in [-0.4, -0.2) is 278 Å². The van der Waals surface area contributed by atoms with Crippen molar-refractivity contribution >= 4 is 86.2 Å². The van der Waals surface area contributed by atoms with Gasteiger partial charge >= 0.3 is 14.5 Å². The van der Waals surface area contributed by atoms with Crippen molar-refractivity contribution in [1.29, 1.82) is 0 Å². The summed E-state index contributed by atoms with van der Waals surface area (Å²) in [4.78, 5) is 125. The lowest BCUT2D eigenvalue weighted by molar-refractivity contribution is -0.270. The van der Waals surface area contributed by atoms with Gasteiger partial charge < -0.3 is 111 Å². The van der Waals surface area contributed by atoms with Crippen LogP contribution in [0.5, 0.6) is 0 Å². The molecule has 0 bridgehead atoms. The lowest BCUT2D eigenvalue weighted by Crippen LogP contribution is -2.64. The van der Waals surface area contributed by atoms with Crippen LogP contribution in [0.4, 0.5) is 0 Å². The summed E-state index contributed by atoms with van der Waals surface area (Å²) < 4.78 is 55.4. The van der Waals surface area contributed by atoms with Gasteiger partial charge in [-0.25, -0.2) is 9.82 Å². The molecule has 0 spiro atoms. The van der Waals surface area contributed by atoms with E-state index in [9.17, 15) is 88.5 Å². The first-order valence-electron chi connectivity index (χ1n) is 33.1. The standard InChI is InChI=1S/C58H104N8O27P2S2/c1-36(69)62-50-54(79)52(77)43(32-67)90-57(50)86-25-13-8-18-46(73)60-23-12-7-16-42(64-47(74)19-9-14-26-87-58-51(63-37(2)70)55(80)53(78)44(33-68)91-58)56(81)61-24-11-3-5-17-45(72)59-22-10-4-6-20-48(75)65-30-40(71)28-38(65)34-88-94(83,84)92-41-29-39(35-89-95(85,97)93-82)66(31-41)49(76)21-15-27-96/h38-44,50-55,57-58,67-68,71,77-80,82,96H,3-35H2,1-2H3,(H,59,72)(H,60,73)(H,61,81)(H,62,69)(H,63,70)(H,64,74)(H,83,84)(H,85,97)/t38-,39?,40?,41?,42-,43?,44?,50-,51-,52-,53-,54+,55+,57?,58?,95?/m0/s1. The fraction of sp³-hybridized carbons (Fsp3) is 0.862. The molecule has 4 aliphatic rings. The van der Waals surface area contributed by atoms with Gasteiger partial charge in [0.2, 0.25) is 47.3 Å². The lowest BCUT2D eigenvalue weighted by Gasteiger charge is -2.42. The highest BCUT2D eigenvalue weighted by molar-refractivity contribution is 8.07. The Morgan fingerprint density at radius 1 is 0.588 bits per heavy atom. The van der Waals surface area contributed by atoms with Crippen molar-refractivity contribution in [3.8, 4) is 0 Å². The van der Waals surface area contributed by atoms with E-state index in [1.165, 1.54) is 23.6 Å². The summed E-state index contributed by atoms with van der Waals surface area (Å²) in [6, 6.07) is -4.65. The lowest BCUT2D eigenvalue weighted by atomic mass is 9.97. The number of hydrogen-bond acceptors (Lipinski definition) is 27. The highest BCUT2D eigenvalue weighted by Crippen LogP contribution is 2.48. The average molecular weight is 1470 g/mol. The summed E-state index contributed by atoms with van der Waals surface area (Å²) in [7, 11) is -4.78. The Kier molecular flexibility index (Phi) is 40.0. The molecule has 4 aliphatic heterocycles. The van der Waals surface area contributed by atoms with Crippen molar-refractivity contribution in [3.63, 3.8) is 0 Å². The molecule has 560 valence electrons. The minimum absolute atomic E-state index is 0.00233. The van der Waals surface area contributed by atoms with Crippen molar-refractivity contribution in [3.05, 3.63) is 0 Å².